The van der Waals surface area contributed by atoms with Crippen molar-refractivity contribution in [2.45, 2.75) is 0 Å². The Morgan fingerprint density at radius 1 is 1.14 bits per heavy atom. The minimum absolute atomic E-state index is 0.0495. The number of anilines is 1. The Hall–Kier alpha value is -2.36. The molecule has 8 heteroatoms. The first-order valence-corrected chi connectivity index (χ1v) is 6.73. The highest BCUT2D eigenvalue weighted by Crippen LogP contribution is 2.28. The van der Waals surface area contributed by atoms with Crippen LogP contribution in [0, 0.1) is 13.7 Å². The van der Waals surface area contributed by atoms with Crippen molar-refractivity contribution in [1.29, 1.82) is 0 Å². The van der Waals surface area contributed by atoms with Gasteiger partial charge in [0.05, 0.1) is 14.2 Å². The first-order valence-electron chi connectivity index (χ1n) is 5.66. The topological polar surface area (TPSA) is 113 Å². The summed E-state index contributed by atoms with van der Waals surface area (Å²) in [5.74, 6) is -0.937. The number of benzene rings is 2. The lowest BCUT2D eigenvalue weighted by molar-refractivity contribution is -0.384. The summed E-state index contributed by atoms with van der Waals surface area (Å²) in [7, 11) is 0. The van der Waals surface area contributed by atoms with Crippen molar-refractivity contribution in [2.24, 2.45) is 0 Å². The van der Waals surface area contributed by atoms with E-state index < -0.39 is 10.8 Å². The van der Waals surface area contributed by atoms with Gasteiger partial charge in [0.1, 0.15) is 11.5 Å². The van der Waals surface area contributed by atoms with E-state index in [0.717, 1.165) is 18.2 Å². The molecule has 0 aromatic heterocycles. The number of amides is 1. The predicted octanol–water partition coefficient (Wildman–Crippen LogP) is 2.86. The molecule has 0 atom stereocenters. The number of non-ortho nitro benzene ring substituents is 1. The van der Waals surface area contributed by atoms with E-state index in [4.69, 9.17) is 0 Å². The molecule has 3 N–H and O–H groups in total. The van der Waals surface area contributed by atoms with E-state index in [1.807, 2.05) is 22.6 Å². The molecular weight excluding hydrogens is 391 g/mol. The molecule has 21 heavy (non-hydrogen) atoms. The number of phenolic OH excluding ortho intramolecular Hbond substituents is 2. The smallest absolute Gasteiger partial charge is 0.271 e. The average Bonchev–Trinajstić information content (AvgIpc) is 2.43. The van der Waals surface area contributed by atoms with Crippen LogP contribution in [0.5, 0.6) is 11.5 Å². The molecule has 0 radical (unpaired) electrons. The van der Waals surface area contributed by atoms with Gasteiger partial charge in [-0.3, -0.25) is 14.9 Å². The zero-order valence-corrected chi connectivity index (χ0v) is 12.6. The molecule has 2 rings (SSSR count). The number of phenols is 2. The van der Waals surface area contributed by atoms with E-state index >= 15 is 0 Å². The Kier molecular flexibility index (Phi) is 4.26. The molecule has 0 bridgehead atoms. The predicted molar refractivity (Wildman–Crippen MR) is 83.5 cm³/mol. The minimum Gasteiger partial charge on any atom is -0.507 e. The van der Waals surface area contributed by atoms with Gasteiger partial charge in [-0.05, 0) is 46.9 Å². The standard InChI is InChI=1S/C13H9IN2O5/c14-9-3-1-7(5-12(9)18)13(19)15-10-6-8(16(20)21)2-4-11(10)17/h1-6,17-18H,(H,15,19). The van der Waals surface area contributed by atoms with Crippen LogP contribution in [0.25, 0.3) is 0 Å². The van der Waals surface area contributed by atoms with E-state index in [1.165, 1.54) is 12.1 Å². The molecule has 2 aromatic carbocycles. The molecule has 7 nitrogen and oxygen atoms in total. The van der Waals surface area contributed by atoms with Gasteiger partial charge in [0.15, 0.2) is 0 Å². The first kappa shape index (κ1) is 15.0. The number of rotatable bonds is 3. The third-order valence-corrected chi connectivity index (χ3v) is 3.56. The second-order valence-corrected chi connectivity index (χ2v) is 5.24. The minimum atomic E-state index is -0.633. The van der Waals surface area contributed by atoms with Crippen molar-refractivity contribution in [1.82, 2.24) is 0 Å². The van der Waals surface area contributed by atoms with E-state index in [-0.39, 0.29) is 28.4 Å². The second kappa shape index (κ2) is 5.95. The zero-order valence-electron chi connectivity index (χ0n) is 10.4. The summed E-state index contributed by atoms with van der Waals surface area (Å²) in [6.45, 7) is 0. The summed E-state index contributed by atoms with van der Waals surface area (Å²) in [5, 5.41) is 32.2. The van der Waals surface area contributed by atoms with E-state index in [9.17, 15) is 25.1 Å². The van der Waals surface area contributed by atoms with Crippen LogP contribution < -0.4 is 5.32 Å². The van der Waals surface area contributed by atoms with E-state index in [1.54, 1.807) is 6.07 Å². The van der Waals surface area contributed by atoms with Gasteiger partial charge in [-0.15, -0.1) is 0 Å². The molecule has 0 unspecified atom stereocenters. The number of nitro groups is 1. The zero-order chi connectivity index (χ0) is 15.6. The molecular formula is C13H9IN2O5. The number of halogens is 1. The van der Waals surface area contributed by atoms with Gasteiger partial charge >= 0.3 is 0 Å². The van der Waals surface area contributed by atoms with Crippen LogP contribution in [0.4, 0.5) is 11.4 Å². The molecule has 2 aromatic rings. The van der Waals surface area contributed by atoms with Gasteiger partial charge in [-0.25, -0.2) is 0 Å². The molecule has 0 aliphatic carbocycles. The van der Waals surface area contributed by atoms with Crippen LogP contribution in [0.15, 0.2) is 36.4 Å². The highest BCUT2D eigenvalue weighted by molar-refractivity contribution is 14.1. The number of nitrogens with one attached hydrogen (secondary N) is 1. The summed E-state index contributed by atoms with van der Waals surface area (Å²) < 4.78 is 0.586. The van der Waals surface area contributed by atoms with Crippen LogP contribution in [-0.4, -0.2) is 21.0 Å². The molecule has 0 saturated carbocycles. The van der Waals surface area contributed by atoms with Crippen molar-refractivity contribution >= 4 is 39.9 Å². The van der Waals surface area contributed by atoms with Gasteiger partial charge in [0.2, 0.25) is 0 Å². The van der Waals surface area contributed by atoms with Crippen LogP contribution in [-0.2, 0) is 0 Å². The van der Waals surface area contributed by atoms with Gasteiger partial charge < -0.3 is 15.5 Å². The SMILES string of the molecule is O=C(Nc1cc([N+](=O)[O-])ccc1O)c1ccc(I)c(O)c1. The van der Waals surface area contributed by atoms with Gasteiger partial charge in [0.25, 0.3) is 11.6 Å². The normalized spacial score (nSPS) is 10.1. The number of carbonyl (C=O) groups excluding carboxylic acids is 1. The van der Waals surface area contributed by atoms with Crippen LogP contribution >= 0.6 is 22.6 Å². The third-order valence-electron chi connectivity index (χ3n) is 2.65. The summed E-state index contributed by atoms with van der Waals surface area (Å²) in [6.07, 6.45) is 0. The van der Waals surface area contributed by atoms with Crippen molar-refractivity contribution < 1.29 is 19.9 Å². The summed E-state index contributed by atoms with van der Waals surface area (Å²) in [4.78, 5) is 22.1. The fraction of sp³-hybridized carbons (Fsp3) is 0. The van der Waals surface area contributed by atoms with Crippen LogP contribution in [0.1, 0.15) is 10.4 Å². The van der Waals surface area contributed by atoms with Crippen molar-refractivity contribution in [3.8, 4) is 11.5 Å². The van der Waals surface area contributed by atoms with Crippen LogP contribution in [0.3, 0.4) is 0 Å². The lowest BCUT2D eigenvalue weighted by Crippen LogP contribution is -2.12. The Labute approximate surface area is 132 Å². The number of carbonyl (C=O) groups is 1. The third kappa shape index (κ3) is 3.40. The van der Waals surface area contributed by atoms with Gasteiger partial charge in [0, 0.05) is 17.7 Å². The van der Waals surface area contributed by atoms with Crippen LogP contribution in [0.2, 0.25) is 0 Å². The number of hydrogen-bond donors (Lipinski definition) is 3. The maximum atomic E-state index is 12.0. The molecule has 0 aliphatic rings. The number of nitro benzene ring substituents is 1. The first-order chi connectivity index (χ1) is 9.88. The maximum Gasteiger partial charge on any atom is 0.271 e. The van der Waals surface area contributed by atoms with Gasteiger partial charge in [-0.1, -0.05) is 0 Å². The maximum absolute atomic E-state index is 12.0. The molecule has 0 fully saturated rings. The molecule has 0 spiro atoms. The highest BCUT2D eigenvalue weighted by atomic mass is 127. The molecule has 0 saturated heterocycles. The average molecular weight is 400 g/mol. The Morgan fingerprint density at radius 3 is 2.48 bits per heavy atom. The Bertz CT molecular complexity index is 732. The quantitative estimate of drug-likeness (QED) is 0.318. The lowest BCUT2D eigenvalue weighted by Gasteiger charge is -2.08. The number of nitrogens with zero attached hydrogens (tertiary/aromatic N) is 1. The Morgan fingerprint density at radius 2 is 1.86 bits per heavy atom. The van der Waals surface area contributed by atoms with Crippen molar-refractivity contribution in [2.75, 3.05) is 5.32 Å². The molecule has 108 valence electrons. The summed E-state index contributed by atoms with van der Waals surface area (Å²) >= 11 is 1.91. The molecule has 0 heterocycles. The fourth-order valence-corrected chi connectivity index (χ4v) is 1.92. The number of aromatic hydroxyl groups is 2. The summed E-state index contributed by atoms with van der Waals surface area (Å²) in [5.41, 5.74) is -0.167. The van der Waals surface area contributed by atoms with Crippen molar-refractivity contribution in [3.05, 3.63) is 55.6 Å². The largest absolute Gasteiger partial charge is 0.507 e. The van der Waals surface area contributed by atoms with E-state index in [0.29, 0.717) is 3.57 Å². The lowest BCUT2D eigenvalue weighted by atomic mass is 10.2. The molecule has 0 aliphatic heterocycles. The molecule has 1 amide bonds. The fourth-order valence-electron chi connectivity index (χ4n) is 1.59. The van der Waals surface area contributed by atoms with E-state index in [2.05, 4.69) is 5.32 Å². The second-order valence-electron chi connectivity index (χ2n) is 4.08. The highest BCUT2D eigenvalue weighted by Gasteiger charge is 2.14. The number of hydrogen-bond acceptors (Lipinski definition) is 5. The summed E-state index contributed by atoms with van der Waals surface area (Å²) in [6, 6.07) is 7.62. The van der Waals surface area contributed by atoms with Crippen molar-refractivity contribution in [3.63, 3.8) is 0 Å². The monoisotopic (exact) mass is 400 g/mol. The van der Waals surface area contributed by atoms with Gasteiger partial charge in [-0.2, -0.15) is 0 Å². The Balaban J connectivity index is 2.28.